The molecule has 2 heteroatoms. The van der Waals surface area contributed by atoms with E-state index in [4.69, 9.17) is 4.74 Å². The molecule has 1 rings (SSSR count). The Morgan fingerprint density at radius 2 is 1.73 bits per heavy atom. The van der Waals surface area contributed by atoms with Crippen LogP contribution in [0.5, 0.6) is 0 Å². The normalized spacial score (nSPS) is 23.7. The smallest absolute Gasteiger partial charge is 0.293 e. The Bertz CT molecular complexity index is 124. The lowest BCUT2D eigenvalue weighted by Gasteiger charge is -2.25. The monoisotopic (exact) mass is 156 g/mol. The molecular formula is C9H16O2. The summed E-state index contributed by atoms with van der Waals surface area (Å²) in [6, 6.07) is 0. The van der Waals surface area contributed by atoms with Crippen molar-refractivity contribution in [2.45, 2.75) is 51.0 Å². The van der Waals surface area contributed by atoms with Crippen molar-refractivity contribution in [3.8, 4) is 0 Å². The van der Waals surface area contributed by atoms with Crippen LogP contribution < -0.4 is 0 Å². The molecule has 0 unspecified atom stereocenters. The summed E-state index contributed by atoms with van der Waals surface area (Å²) in [4.78, 5) is 10.2. The van der Waals surface area contributed by atoms with Gasteiger partial charge in [-0.3, -0.25) is 4.79 Å². The van der Waals surface area contributed by atoms with Gasteiger partial charge in [0.1, 0.15) is 5.60 Å². The summed E-state index contributed by atoms with van der Waals surface area (Å²) in [7, 11) is 0. The molecule has 0 radical (unpaired) electrons. The van der Waals surface area contributed by atoms with Crippen LogP contribution in [-0.2, 0) is 9.53 Å². The van der Waals surface area contributed by atoms with Gasteiger partial charge in [-0.15, -0.1) is 0 Å². The van der Waals surface area contributed by atoms with E-state index < -0.39 is 0 Å². The zero-order valence-corrected chi connectivity index (χ0v) is 7.14. The van der Waals surface area contributed by atoms with Gasteiger partial charge < -0.3 is 4.74 Å². The maximum absolute atomic E-state index is 10.2. The van der Waals surface area contributed by atoms with Crippen LogP contribution in [0, 0.1) is 0 Å². The second-order valence-electron chi connectivity index (χ2n) is 3.58. The van der Waals surface area contributed by atoms with Crippen LogP contribution in [0.2, 0.25) is 0 Å². The van der Waals surface area contributed by atoms with Crippen molar-refractivity contribution < 1.29 is 9.53 Å². The molecule has 0 atom stereocenters. The molecule has 64 valence electrons. The minimum atomic E-state index is -0.155. The van der Waals surface area contributed by atoms with Gasteiger partial charge in [-0.1, -0.05) is 12.8 Å². The number of ether oxygens (including phenoxy) is 1. The topological polar surface area (TPSA) is 26.3 Å². The minimum absolute atomic E-state index is 0.155. The van der Waals surface area contributed by atoms with Crippen LogP contribution in [-0.4, -0.2) is 12.1 Å². The first-order valence-corrected chi connectivity index (χ1v) is 4.38. The summed E-state index contributed by atoms with van der Waals surface area (Å²) in [5, 5.41) is 0. The fourth-order valence-corrected chi connectivity index (χ4v) is 1.71. The van der Waals surface area contributed by atoms with Crippen LogP contribution in [0.4, 0.5) is 0 Å². The van der Waals surface area contributed by atoms with Crippen LogP contribution >= 0.6 is 0 Å². The van der Waals surface area contributed by atoms with Gasteiger partial charge in [0.2, 0.25) is 0 Å². The third-order valence-corrected chi connectivity index (χ3v) is 2.49. The van der Waals surface area contributed by atoms with Crippen molar-refractivity contribution in [3.63, 3.8) is 0 Å². The van der Waals surface area contributed by atoms with E-state index in [9.17, 15) is 4.79 Å². The van der Waals surface area contributed by atoms with Gasteiger partial charge in [-0.25, -0.2) is 0 Å². The summed E-state index contributed by atoms with van der Waals surface area (Å²) >= 11 is 0. The van der Waals surface area contributed by atoms with E-state index in [0.29, 0.717) is 6.47 Å². The SMILES string of the molecule is CC1(OC=O)CCCCCC1. The van der Waals surface area contributed by atoms with Gasteiger partial charge in [0.05, 0.1) is 0 Å². The lowest BCUT2D eigenvalue weighted by Crippen LogP contribution is -2.27. The van der Waals surface area contributed by atoms with E-state index in [1.54, 1.807) is 0 Å². The number of rotatable bonds is 2. The van der Waals surface area contributed by atoms with Crippen LogP contribution in [0.15, 0.2) is 0 Å². The first kappa shape index (κ1) is 8.57. The van der Waals surface area contributed by atoms with Crippen molar-refractivity contribution in [2.24, 2.45) is 0 Å². The van der Waals surface area contributed by atoms with E-state index >= 15 is 0 Å². The van der Waals surface area contributed by atoms with E-state index in [0.717, 1.165) is 12.8 Å². The minimum Gasteiger partial charge on any atom is -0.462 e. The molecule has 2 nitrogen and oxygen atoms in total. The summed E-state index contributed by atoms with van der Waals surface area (Å²) in [6.07, 6.45) is 7.04. The molecule has 0 N–H and O–H groups in total. The van der Waals surface area contributed by atoms with E-state index in [1.807, 2.05) is 6.92 Å². The van der Waals surface area contributed by atoms with Gasteiger partial charge in [-0.05, 0) is 32.6 Å². The second-order valence-corrected chi connectivity index (χ2v) is 3.58. The summed E-state index contributed by atoms with van der Waals surface area (Å²) in [5.74, 6) is 0. The fourth-order valence-electron chi connectivity index (χ4n) is 1.71. The summed E-state index contributed by atoms with van der Waals surface area (Å²) in [6.45, 7) is 2.62. The molecule has 0 bridgehead atoms. The number of hydrogen-bond acceptors (Lipinski definition) is 2. The van der Waals surface area contributed by atoms with Crippen LogP contribution in [0.25, 0.3) is 0 Å². The third kappa shape index (κ3) is 2.52. The van der Waals surface area contributed by atoms with Gasteiger partial charge in [0.15, 0.2) is 0 Å². The largest absolute Gasteiger partial charge is 0.462 e. The maximum Gasteiger partial charge on any atom is 0.293 e. The second kappa shape index (κ2) is 3.74. The molecular weight excluding hydrogens is 140 g/mol. The standard InChI is InChI=1S/C9H16O2/c1-9(11-8-10)6-4-2-3-5-7-9/h8H,2-7H2,1H3. The molecule has 0 aromatic carbocycles. The Morgan fingerprint density at radius 1 is 1.18 bits per heavy atom. The first-order valence-electron chi connectivity index (χ1n) is 4.38. The molecule has 1 saturated carbocycles. The van der Waals surface area contributed by atoms with Gasteiger partial charge in [0, 0.05) is 0 Å². The molecule has 0 aromatic heterocycles. The number of carbonyl (C=O) groups is 1. The average Bonchev–Trinajstić information content (AvgIpc) is 2.15. The molecule has 0 heterocycles. The zero-order chi connectivity index (χ0) is 8.16. The summed E-state index contributed by atoms with van der Waals surface area (Å²) in [5.41, 5.74) is -0.155. The van der Waals surface area contributed by atoms with Gasteiger partial charge in [0.25, 0.3) is 6.47 Å². The highest BCUT2D eigenvalue weighted by Crippen LogP contribution is 2.29. The predicted molar refractivity (Wildman–Crippen MR) is 43.3 cm³/mol. The van der Waals surface area contributed by atoms with Crippen molar-refractivity contribution in [3.05, 3.63) is 0 Å². The van der Waals surface area contributed by atoms with E-state index in [-0.39, 0.29) is 5.60 Å². The van der Waals surface area contributed by atoms with Crippen molar-refractivity contribution in [2.75, 3.05) is 0 Å². The molecule has 0 saturated heterocycles. The zero-order valence-electron chi connectivity index (χ0n) is 7.14. The average molecular weight is 156 g/mol. The van der Waals surface area contributed by atoms with Gasteiger partial charge in [-0.2, -0.15) is 0 Å². The third-order valence-electron chi connectivity index (χ3n) is 2.49. The van der Waals surface area contributed by atoms with Crippen molar-refractivity contribution in [1.82, 2.24) is 0 Å². The van der Waals surface area contributed by atoms with Crippen molar-refractivity contribution >= 4 is 6.47 Å². The highest BCUT2D eigenvalue weighted by molar-refractivity contribution is 5.38. The Labute approximate surface area is 67.9 Å². The molecule has 0 aliphatic heterocycles. The molecule has 0 spiro atoms. The first-order chi connectivity index (χ1) is 5.27. The summed E-state index contributed by atoms with van der Waals surface area (Å²) < 4.78 is 5.07. The molecule has 1 aliphatic rings. The molecule has 1 fully saturated rings. The Kier molecular flexibility index (Phi) is 2.92. The van der Waals surface area contributed by atoms with Crippen LogP contribution in [0.3, 0.4) is 0 Å². The van der Waals surface area contributed by atoms with Gasteiger partial charge >= 0.3 is 0 Å². The Balaban J connectivity index is 2.44. The molecule has 0 aromatic rings. The predicted octanol–water partition coefficient (Wildman–Crippen LogP) is 2.27. The highest BCUT2D eigenvalue weighted by Gasteiger charge is 2.26. The van der Waals surface area contributed by atoms with E-state index in [1.165, 1.54) is 25.7 Å². The molecule has 11 heavy (non-hydrogen) atoms. The number of carbonyl (C=O) groups excluding carboxylic acids is 1. The van der Waals surface area contributed by atoms with Crippen molar-refractivity contribution in [1.29, 1.82) is 0 Å². The molecule has 0 amide bonds. The van der Waals surface area contributed by atoms with Crippen LogP contribution in [0.1, 0.15) is 45.4 Å². The highest BCUT2D eigenvalue weighted by atomic mass is 16.5. The quantitative estimate of drug-likeness (QED) is 0.453. The Morgan fingerprint density at radius 3 is 2.18 bits per heavy atom. The number of hydrogen-bond donors (Lipinski definition) is 0. The lowest BCUT2D eigenvalue weighted by molar-refractivity contribution is -0.143. The fraction of sp³-hybridized carbons (Fsp3) is 0.889. The van der Waals surface area contributed by atoms with E-state index in [2.05, 4.69) is 0 Å². The Hall–Kier alpha value is -0.530. The molecule has 1 aliphatic carbocycles. The maximum atomic E-state index is 10.2. The lowest BCUT2D eigenvalue weighted by atomic mass is 9.97.